The van der Waals surface area contributed by atoms with Gasteiger partial charge in [-0.2, -0.15) is 0 Å². The lowest BCUT2D eigenvalue weighted by Gasteiger charge is -2.13. The second kappa shape index (κ2) is 5.50. The van der Waals surface area contributed by atoms with Gasteiger partial charge in [-0.1, -0.05) is 17.7 Å². The van der Waals surface area contributed by atoms with E-state index < -0.39 is 27.3 Å². The third kappa shape index (κ3) is 3.25. The Labute approximate surface area is 125 Å². The zero-order valence-corrected chi connectivity index (χ0v) is 12.4. The summed E-state index contributed by atoms with van der Waals surface area (Å²) in [5, 5.41) is -0.377. The summed E-state index contributed by atoms with van der Waals surface area (Å²) in [4.78, 5) is -0.109. The van der Waals surface area contributed by atoms with Gasteiger partial charge in [-0.25, -0.2) is 17.2 Å². The average molecular weight is 333 g/mol. The van der Waals surface area contributed by atoms with E-state index in [0.29, 0.717) is 11.6 Å². The Balaban J connectivity index is 2.50. The molecule has 0 bridgehead atoms. The molecule has 0 radical (unpaired) electrons. The predicted molar refractivity (Wildman–Crippen MR) is 77.8 cm³/mol. The smallest absolute Gasteiger partial charge is 0.262 e. The van der Waals surface area contributed by atoms with Gasteiger partial charge in [-0.15, -0.1) is 0 Å². The van der Waals surface area contributed by atoms with Crippen LogP contribution >= 0.6 is 11.6 Å². The SMILES string of the molecule is Cc1ccc(N)cc1S(=O)(=O)Nc1c(F)cc(F)cc1Cl. The monoisotopic (exact) mass is 332 g/mol. The van der Waals surface area contributed by atoms with Crippen LogP contribution in [0.15, 0.2) is 35.2 Å². The molecule has 8 heteroatoms. The molecule has 21 heavy (non-hydrogen) atoms. The maximum atomic E-state index is 13.7. The molecule has 2 aromatic carbocycles. The molecule has 0 aliphatic carbocycles. The lowest BCUT2D eigenvalue weighted by atomic mass is 10.2. The third-order valence-electron chi connectivity index (χ3n) is 2.75. The molecule has 0 amide bonds. The molecule has 0 atom stereocenters. The number of sulfonamides is 1. The van der Waals surface area contributed by atoms with Crippen LogP contribution in [0.5, 0.6) is 0 Å². The lowest BCUT2D eigenvalue weighted by molar-refractivity contribution is 0.583. The van der Waals surface area contributed by atoms with Crippen molar-refractivity contribution in [1.29, 1.82) is 0 Å². The first-order valence-corrected chi connectivity index (χ1v) is 7.60. The highest BCUT2D eigenvalue weighted by atomic mass is 35.5. The van der Waals surface area contributed by atoms with Gasteiger partial charge in [0.05, 0.1) is 9.92 Å². The molecule has 0 saturated carbocycles. The van der Waals surface area contributed by atoms with Crippen molar-refractivity contribution in [2.75, 3.05) is 10.5 Å². The molecule has 0 aromatic heterocycles. The number of nitrogen functional groups attached to an aromatic ring is 1. The number of hydrogen-bond acceptors (Lipinski definition) is 3. The fourth-order valence-corrected chi connectivity index (χ4v) is 3.40. The summed E-state index contributed by atoms with van der Waals surface area (Å²) in [6, 6.07) is 5.66. The number of aryl methyl sites for hydroxylation is 1. The summed E-state index contributed by atoms with van der Waals surface area (Å²) < 4.78 is 53.2. The standard InChI is InChI=1S/C13H11ClF2N2O2S/c1-7-2-3-9(17)6-12(7)21(19,20)18-13-10(14)4-8(15)5-11(13)16/h2-6,18H,17H2,1H3. The third-order valence-corrected chi connectivity index (χ3v) is 4.53. The first kappa shape index (κ1) is 15.5. The van der Waals surface area contributed by atoms with E-state index in [-0.39, 0.29) is 15.6 Å². The zero-order valence-electron chi connectivity index (χ0n) is 10.8. The summed E-state index contributed by atoms with van der Waals surface area (Å²) in [5.41, 5.74) is 5.71. The van der Waals surface area contributed by atoms with Gasteiger partial charge in [-0.3, -0.25) is 4.72 Å². The molecule has 112 valence electrons. The Morgan fingerprint density at radius 1 is 1.19 bits per heavy atom. The van der Waals surface area contributed by atoms with Crippen molar-refractivity contribution in [3.05, 3.63) is 52.6 Å². The molecular weight excluding hydrogens is 322 g/mol. The Morgan fingerprint density at radius 2 is 1.86 bits per heavy atom. The van der Waals surface area contributed by atoms with Gasteiger partial charge in [0, 0.05) is 11.8 Å². The minimum Gasteiger partial charge on any atom is -0.399 e. The summed E-state index contributed by atoms with van der Waals surface area (Å²) in [7, 11) is -4.10. The Bertz CT molecular complexity index is 787. The number of nitrogens with two attached hydrogens (primary N) is 1. The van der Waals surface area contributed by atoms with Gasteiger partial charge in [-0.05, 0) is 30.7 Å². The van der Waals surface area contributed by atoms with E-state index in [4.69, 9.17) is 17.3 Å². The normalized spacial score (nSPS) is 11.4. The van der Waals surface area contributed by atoms with Crippen molar-refractivity contribution in [2.24, 2.45) is 0 Å². The molecule has 0 saturated heterocycles. The number of nitrogens with one attached hydrogen (secondary N) is 1. The van der Waals surface area contributed by atoms with Crippen molar-refractivity contribution in [2.45, 2.75) is 11.8 Å². The first-order chi connectivity index (χ1) is 9.70. The van der Waals surface area contributed by atoms with Gasteiger partial charge < -0.3 is 5.73 Å². The Morgan fingerprint density at radius 3 is 2.48 bits per heavy atom. The van der Waals surface area contributed by atoms with E-state index in [1.54, 1.807) is 13.0 Å². The summed E-state index contributed by atoms with van der Waals surface area (Å²) in [6.45, 7) is 1.57. The quantitative estimate of drug-likeness (QED) is 0.847. The number of benzene rings is 2. The number of halogens is 3. The molecule has 0 spiro atoms. The maximum Gasteiger partial charge on any atom is 0.262 e. The second-order valence-electron chi connectivity index (χ2n) is 4.37. The molecule has 2 rings (SSSR count). The van der Waals surface area contributed by atoms with Crippen LogP contribution < -0.4 is 10.5 Å². The lowest BCUT2D eigenvalue weighted by Crippen LogP contribution is -2.16. The molecule has 0 aliphatic heterocycles. The van der Waals surface area contributed by atoms with Crippen LogP contribution in [0.1, 0.15) is 5.56 Å². The van der Waals surface area contributed by atoms with Gasteiger partial charge in [0.15, 0.2) is 5.82 Å². The van der Waals surface area contributed by atoms with Crippen molar-refractivity contribution in [3.63, 3.8) is 0 Å². The molecule has 0 aliphatic rings. The maximum absolute atomic E-state index is 13.7. The molecule has 0 heterocycles. The van der Waals surface area contributed by atoms with Crippen molar-refractivity contribution in [1.82, 2.24) is 0 Å². The van der Waals surface area contributed by atoms with E-state index in [2.05, 4.69) is 0 Å². The number of hydrogen-bond donors (Lipinski definition) is 2. The molecule has 0 unspecified atom stereocenters. The van der Waals surface area contributed by atoms with Crippen LogP contribution in [0.3, 0.4) is 0 Å². The predicted octanol–water partition coefficient (Wildman–Crippen LogP) is 3.31. The van der Waals surface area contributed by atoms with Crippen LogP contribution in [0.4, 0.5) is 20.2 Å². The largest absolute Gasteiger partial charge is 0.399 e. The van der Waals surface area contributed by atoms with Gasteiger partial charge >= 0.3 is 0 Å². The van der Waals surface area contributed by atoms with E-state index >= 15 is 0 Å². The van der Waals surface area contributed by atoms with E-state index in [0.717, 1.165) is 6.07 Å². The topological polar surface area (TPSA) is 72.2 Å². The minimum absolute atomic E-state index is 0.109. The number of anilines is 2. The summed E-state index contributed by atoms with van der Waals surface area (Å²) in [6.07, 6.45) is 0. The van der Waals surface area contributed by atoms with E-state index in [9.17, 15) is 17.2 Å². The van der Waals surface area contributed by atoms with Crippen LogP contribution in [-0.2, 0) is 10.0 Å². The first-order valence-electron chi connectivity index (χ1n) is 5.74. The summed E-state index contributed by atoms with van der Waals surface area (Å²) in [5.74, 6) is -2.01. The minimum atomic E-state index is -4.10. The average Bonchev–Trinajstić information content (AvgIpc) is 2.36. The van der Waals surface area contributed by atoms with Crippen molar-refractivity contribution >= 4 is 33.0 Å². The highest BCUT2D eigenvalue weighted by molar-refractivity contribution is 7.92. The second-order valence-corrected chi connectivity index (χ2v) is 6.43. The van der Waals surface area contributed by atoms with Gasteiger partial charge in [0.1, 0.15) is 11.5 Å². The van der Waals surface area contributed by atoms with Gasteiger partial charge in [0.2, 0.25) is 0 Å². The summed E-state index contributed by atoms with van der Waals surface area (Å²) >= 11 is 5.67. The zero-order chi connectivity index (χ0) is 15.8. The molecular formula is C13H11ClF2N2O2S. The van der Waals surface area contributed by atoms with Crippen LogP contribution in [-0.4, -0.2) is 8.42 Å². The molecule has 0 fully saturated rings. The van der Waals surface area contributed by atoms with Crippen LogP contribution in [0.25, 0.3) is 0 Å². The van der Waals surface area contributed by atoms with Crippen LogP contribution in [0, 0.1) is 18.6 Å². The van der Waals surface area contributed by atoms with Crippen LogP contribution in [0.2, 0.25) is 5.02 Å². The van der Waals surface area contributed by atoms with E-state index in [1.165, 1.54) is 12.1 Å². The van der Waals surface area contributed by atoms with Crippen molar-refractivity contribution < 1.29 is 17.2 Å². The molecule has 2 aromatic rings. The molecule has 3 N–H and O–H groups in total. The number of rotatable bonds is 3. The highest BCUT2D eigenvalue weighted by Gasteiger charge is 2.21. The van der Waals surface area contributed by atoms with Crippen molar-refractivity contribution in [3.8, 4) is 0 Å². The fraction of sp³-hybridized carbons (Fsp3) is 0.0769. The van der Waals surface area contributed by atoms with Gasteiger partial charge in [0.25, 0.3) is 10.0 Å². The van der Waals surface area contributed by atoms with E-state index in [1.807, 2.05) is 4.72 Å². The Kier molecular flexibility index (Phi) is 4.06. The highest BCUT2D eigenvalue weighted by Crippen LogP contribution is 2.29. The fourth-order valence-electron chi connectivity index (χ4n) is 1.74. The molecule has 4 nitrogen and oxygen atoms in total. The Hall–Kier alpha value is -1.86.